The van der Waals surface area contributed by atoms with Crippen LogP contribution in [0.3, 0.4) is 0 Å². The van der Waals surface area contributed by atoms with E-state index in [1.165, 1.54) is 5.56 Å². The minimum absolute atomic E-state index is 0.469. The third-order valence-corrected chi connectivity index (χ3v) is 3.21. The molecule has 0 amide bonds. The van der Waals surface area contributed by atoms with Gasteiger partial charge in [-0.1, -0.05) is 25.1 Å². The van der Waals surface area contributed by atoms with Crippen molar-refractivity contribution in [3.05, 3.63) is 47.3 Å². The van der Waals surface area contributed by atoms with Crippen molar-refractivity contribution in [2.45, 2.75) is 32.9 Å². The zero-order valence-electron chi connectivity index (χ0n) is 11.7. The Morgan fingerprint density at radius 3 is 2.79 bits per heavy atom. The molecule has 4 heteroatoms. The third-order valence-electron chi connectivity index (χ3n) is 3.21. The molecule has 0 spiro atoms. The second-order valence-electron chi connectivity index (χ2n) is 4.75. The van der Waals surface area contributed by atoms with Crippen LogP contribution in [0.1, 0.15) is 36.8 Å². The summed E-state index contributed by atoms with van der Waals surface area (Å²) in [6, 6.07) is 7.84. The summed E-state index contributed by atoms with van der Waals surface area (Å²) < 4.78 is 1.84. The van der Waals surface area contributed by atoms with E-state index in [0.29, 0.717) is 0 Å². The van der Waals surface area contributed by atoms with Gasteiger partial charge in [0.05, 0.1) is 11.8 Å². The summed E-state index contributed by atoms with van der Waals surface area (Å²) in [5.41, 5.74) is 4.21. The molecule has 0 fully saturated rings. The topological polar surface area (TPSA) is 50.1 Å². The van der Waals surface area contributed by atoms with Gasteiger partial charge in [-0.3, -0.25) is 4.68 Å². The Kier molecular flexibility index (Phi) is 4.22. The van der Waals surface area contributed by atoms with Crippen LogP contribution in [0, 0.1) is 0 Å². The van der Waals surface area contributed by atoms with Gasteiger partial charge in [-0.05, 0) is 19.4 Å². The van der Waals surface area contributed by atoms with Gasteiger partial charge < -0.3 is 10.4 Å². The van der Waals surface area contributed by atoms with E-state index in [0.717, 1.165) is 29.9 Å². The van der Waals surface area contributed by atoms with E-state index in [2.05, 4.69) is 17.3 Å². The van der Waals surface area contributed by atoms with Crippen LogP contribution in [0.5, 0.6) is 0 Å². The highest BCUT2D eigenvalue weighted by atomic mass is 16.3. The lowest BCUT2D eigenvalue weighted by Crippen LogP contribution is -2.05. The van der Waals surface area contributed by atoms with Crippen LogP contribution in [0.25, 0.3) is 0 Å². The van der Waals surface area contributed by atoms with E-state index in [1.807, 2.05) is 42.2 Å². The van der Waals surface area contributed by atoms with Gasteiger partial charge in [0.1, 0.15) is 0 Å². The summed E-state index contributed by atoms with van der Waals surface area (Å²) >= 11 is 0. The number of aromatic nitrogens is 2. The summed E-state index contributed by atoms with van der Waals surface area (Å²) in [5.74, 6) is 0. The first kappa shape index (κ1) is 13.6. The van der Waals surface area contributed by atoms with Crippen LogP contribution in [-0.4, -0.2) is 14.9 Å². The predicted molar refractivity (Wildman–Crippen MR) is 77.0 cm³/mol. The van der Waals surface area contributed by atoms with E-state index in [1.54, 1.807) is 6.92 Å². The molecule has 0 saturated heterocycles. The second-order valence-corrected chi connectivity index (χ2v) is 4.75. The molecule has 1 unspecified atom stereocenters. The second kappa shape index (κ2) is 5.89. The molecule has 1 aromatic carbocycles. The van der Waals surface area contributed by atoms with Crippen molar-refractivity contribution in [2.24, 2.45) is 7.05 Å². The summed E-state index contributed by atoms with van der Waals surface area (Å²) in [4.78, 5) is 0. The highest BCUT2D eigenvalue weighted by Crippen LogP contribution is 2.23. The molecule has 2 aromatic rings. The number of aryl methyl sites for hydroxylation is 2. The van der Waals surface area contributed by atoms with E-state index < -0.39 is 6.10 Å². The number of aliphatic hydroxyl groups excluding tert-OH is 1. The number of para-hydroxylation sites is 1. The van der Waals surface area contributed by atoms with Crippen LogP contribution in [0.2, 0.25) is 0 Å². The molecule has 1 atom stereocenters. The van der Waals surface area contributed by atoms with Crippen molar-refractivity contribution in [2.75, 3.05) is 5.32 Å². The summed E-state index contributed by atoms with van der Waals surface area (Å²) in [5, 5.41) is 17.6. The molecule has 1 aromatic heterocycles. The maximum atomic E-state index is 9.75. The third kappa shape index (κ3) is 3.15. The number of rotatable bonds is 5. The van der Waals surface area contributed by atoms with Gasteiger partial charge in [-0.25, -0.2) is 0 Å². The molecule has 19 heavy (non-hydrogen) atoms. The summed E-state index contributed by atoms with van der Waals surface area (Å²) in [6.07, 6.45) is 2.50. The first-order chi connectivity index (χ1) is 9.11. The van der Waals surface area contributed by atoms with Gasteiger partial charge in [0.25, 0.3) is 0 Å². The molecule has 0 saturated carbocycles. The molecule has 0 radical (unpaired) electrons. The fourth-order valence-corrected chi connectivity index (χ4v) is 2.24. The van der Waals surface area contributed by atoms with Gasteiger partial charge in [-0.2, -0.15) is 5.10 Å². The number of nitrogens with one attached hydrogen (secondary N) is 1. The normalized spacial score (nSPS) is 12.4. The molecule has 0 aliphatic heterocycles. The Balaban J connectivity index is 2.14. The Bertz CT molecular complexity index is 546. The minimum atomic E-state index is -0.469. The molecule has 0 aliphatic carbocycles. The first-order valence-electron chi connectivity index (χ1n) is 6.64. The van der Waals surface area contributed by atoms with Crippen LogP contribution in [-0.2, 0) is 20.0 Å². The number of hydrogen-bond acceptors (Lipinski definition) is 3. The van der Waals surface area contributed by atoms with Crippen LogP contribution in [0.4, 0.5) is 5.69 Å². The van der Waals surface area contributed by atoms with Crippen LogP contribution >= 0.6 is 0 Å². The van der Waals surface area contributed by atoms with Crippen molar-refractivity contribution in [3.63, 3.8) is 0 Å². The number of aliphatic hydroxyl groups is 1. The molecule has 0 bridgehead atoms. The quantitative estimate of drug-likeness (QED) is 0.868. The van der Waals surface area contributed by atoms with Gasteiger partial charge in [0.2, 0.25) is 0 Å². The van der Waals surface area contributed by atoms with Crippen LogP contribution < -0.4 is 5.32 Å². The number of anilines is 1. The molecule has 0 aliphatic rings. The van der Waals surface area contributed by atoms with E-state index in [-0.39, 0.29) is 0 Å². The maximum absolute atomic E-state index is 9.75. The van der Waals surface area contributed by atoms with Crippen molar-refractivity contribution >= 4 is 5.69 Å². The van der Waals surface area contributed by atoms with Crippen molar-refractivity contribution in [3.8, 4) is 0 Å². The highest BCUT2D eigenvalue weighted by molar-refractivity contribution is 5.52. The highest BCUT2D eigenvalue weighted by Gasteiger charge is 2.09. The molecule has 4 nitrogen and oxygen atoms in total. The standard InChI is InChI=1S/C15H21N3O/c1-4-14-12(10-18(3)17-14)9-16-15-8-6-5-7-13(15)11(2)19/h5-8,10-11,16,19H,4,9H2,1-3H3. The van der Waals surface area contributed by atoms with E-state index >= 15 is 0 Å². The SMILES string of the molecule is CCc1nn(C)cc1CNc1ccccc1C(C)O. The molecular formula is C15H21N3O. The summed E-state index contributed by atoms with van der Waals surface area (Å²) in [6.45, 7) is 4.61. The van der Waals surface area contributed by atoms with Gasteiger partial charge in [-0.15, -0.1) is 0 Å². The van der Waals surface area contributed by atoms with Gasteiger partial charge >= 0.3 is 0 Å². The Labute approximate surface area is 114 Å². The minimum Gasteiger partial charge on any atom is -0.389 e. The smallest absolute Gasteiger partial charge is 0.0781 e. The Morgan fingerprint density at radius 1 is 1.37 bits per heavy atom. The molecule has 2 rings (SSSR count). The molecule has 2 N–H and O–H groups in total. The maximum Gasteiger partial charge on any atom is 0.0781 e. The van der Waals surface area contributed by atoms with E-state index in [4.69, 9.17) is 0 Å². The average molecular weight is 259 g/mol. The first-order valence-corrected chi connectivity index (χ1v) is 6.64. The average Bonchev–Trinajstić information content (AvgIpc) is 2.77. The predicted octanol–water partition coefficient (Wildman–Crippen LogP) is 2.65. The number of nitrogens with zero attached hydrogens (tertiary/aromatic N) is 2. The monoisotopic (exact) mass is 259 g/mol. The van der Waals surface area contributed by atoms with Crippen LogP contribution in [0.15, 0.2) is 30.5 Å². The lowest BCUT2D eigenvalue weighted by molar-refractivity contribution is 0.200. The van der Waals surface area contributed by atoms with Crippen molar-refractivity contribution in [1.29, 1.82) is 0 Å². The summed E-state index contributed by atoms with van der Waals surface area (Å²) in [7, 11) is 1.94. The lowest BCUT2D eigenvalue weighted by Gasteiger charge is -2.13. The van der Waals surface area contributed by atoms with Gasteiger partial charge in [0.15, 0.2) is 0 Å². The number of benzene rings is 1. The zero-order chi connectivity index (χ0) is 13.8. The van der Waals surface area contributed by atoms with E-state index in [9.17, 15) is 5.11 Å². The number of hydrogen-bond donors (Lipinski definition) is 2. The lowest BCUT2D eigenvalue weighted by atomic mass is 10.1. The fraction of sp³-hybridized carbons (Fsp3) is 0.400. The zero-order valence-corrected chi connectivity index (χ0v) is 11.7. The van der Waals surface area contributed by atoms with Crippen molar-refractivity contribution < 1.29 is 5.11 Å². The largest absolute Gasteiger partial charge is 0.389 e. The molecule has 102 valence electrons. The van der Waals surface area contributed by atoms with Gasteiger partial charge in [0, 0.05) is 36.6 Å². The fourth-order valence-electron chi connectivity index (χ4n) is 2.24. The van der Waals surface area contributed by atoms with Crippen molar-refractivity contribution in [1.82, 2.24) is 9.78 Å². The Morgan fingerprint density at radius 2 is 2.11 bits per heavy atom. The molecule has 1 heterocycles. The molecular weight excluding hydrogens is 238 g/mol. The Hall–Kier alpha value is -1.81.